The summed E-state index contributed by atoms with van der Waals surface area (Å²) < 4.78 is 0. The van der Waals surface area contributed by atoms with E-state index < -0.39 is 23.9 Å². The third kappa shape index (κ3) is 8.16. The van der Waals surface area contributed by atoms with Crippen molar-refractivity contribution >= 4 is 17.9 Å². The Morgan fingerprint density at radius 2 is 1.89 bits per heavy atom. The number of unbranched alkanes of at least 4 members (excludes halogenated alkanes) is 1. The zero-order valence-corrected chi connectivity index (χ0v) is 10.4. The fourth-order valence-electron chi connectivity index (χ4n) is 1.21. The van der Waals surface area contributed by atoms with Crippen molar-refractivity contribution in [3.8, 4) is 12.3 Å². The molecule has 0 rings (SSSR count). The Balaban J connectivity index is 3.78. The van der Waals surface area contributed by atoms with Crippen LogP contribution in [0.4, 0.5) is 4.79 Å². The van der Waals surface area contributed by atoms with Gasteiger partial charge in [0.1, 0.15) is 0 Å². The zero-order valence-electron chi connectivity index (χ0n) is 10.4. The number of carbonyl (C=O) groups excluding carboxylic acids is 2. The van der Waals surface area contributed by atoms with E-state index in [9.17, 15) is 14.4 Å². The molecule has 0 saturated heterocycles. The lowest BCUT2D eigenvalue weighted by Crippen LogP contribution is -2.43. The van der Waals surface area contributed by atoms with Gasteiger partial charge in [-0.2, -0.15) is 0 Å². The van der Waals surface area contributed by atoms with Gasteiger partial charge in [0.25, 0.3) is 0 Å². The molecule has 3 N–H and O–H groups in total. The molecule has 1 atom stereocenters. The largest absolute Gasteiger partial charge is 0.481 e. The van der Waals surface area contributed by atoms with Crippen molar-refractivity contribution in [2.75, 3.05) is 0 Å². The molecule has 100 valence electrons. The van der Waals surface area contributed by atoms with E-state index in [1.54, 1.807) is 0 Å². The van der Waals surface area contributed by atoms with Crippen LogP contribution in [0, 0.1) is 12.3 Å². The first-order valence-corrected chi connectivity index (χ1v) is 5.77. The van der Waals surface area contributed by atoms with Gasteiger partial charge in [-0.05, 0) is 19.3 Å². The summed E-state index contributed by atoms with van der Waals surface area (Å²) in [6, 6.07) is -1.02. The van der Waals surface area contributed by atoms with E-state index in [1.165, 1.54) is 0 Å². The molecule has 0 radical (unpaired) electrons. The number of hydrogen-bond donors (Lipinski definition) is 3. The summed E-state index contributed by atoms with van der Waals surface area (Å²) in [6.07, 6.45) is 6.71. The van der Waals surface area contributed by atoms with Gasteiger partial charge in [-0.15, -0.1) is 6.42 Å². The monoisotopic (exact) mass is 254 g/mol. The number of carboxylic acids is 1. The number of aliphatic carboxylic acids is 1. The van der Waals surface area contributed by atoms with Crippen LogP contribution in [0.2, 0.25) is 0 Å². The number of imide groups is 1. The molecule has 6 nitrogen and oxygen atoms in total. The van der Waals surface area contributed by atoms with Crippen LogP contribution in [0.15, 0.2) is 0 Å². The van der Waals surface area contributed by atoms with Crippen LogP contribution in [0.3, 0.4) is 0 Å². The summed E-state index contributed by atoms with van der Waals surface area (Å²) in [4.78, 5) is 32.8. The number of hydrogen-bond acceptors (Lipinski definition) is 3. The molecule has 0 saturated carbocycles. The fraction of sp³-hybridized carbons (Fsp3) is 0.583. The highest BCUT2D eigenvalue weighted by Crippen LogP contribution is 1.99. The molecule has 0 aromatic carbocycles. The Bertz CT molecular complexity index is 346. The molecule has 0 aliphatic rings. The molecule has 0 aliphatic heterocycles. The Labute approximate surface area is 106 Å². The molecule has 0 bridgehead atoms. The Hall–Kier alpha value is -2.03. The van der Waals surface area contributed by atoms with Crippen LogP contribution < -0.4 is 10.6 Å². The molecule has 0 heterocycles. The van der Waals surface area contributed by atoms with E-state index in [-0.39, 0.29) is 12.8 Å². The van der Waals surface area contributed by atoms with E-state index in [2.05, 4.69) is 16.6 Å². The normalized spacial score (nSPS) is 11.1. The molecule has 0 fully saturated rings. The lowest BCUT2D eigenvalue weighted by molar-refractivity contribution is -0.137. The molecule has 0 aromatic rings. The molecular weight excluding hydrogens is 236 g/mol. The van der Waals surface area contributed by atoms with Crippen molar-refractivity contribution in [2.24, 2.45) is 0 Å². The summed E-state index contributed by atoms with van der Waals surface area (Å²) in [5, 5.41) is 13.0. The minimum atomic E-state index is -0.895. The van der Waals surface area contributed by atoms with E-state index in [1.807, 2.05) is 6.92 Å². The van der Waals surface area contributed by atoms with Gasteiger partial charge in [-0.25, -0.2) is 4.79 Å². The molecule has 0 aliphatic carbocycles. The summed E-state index contributed by atoms with van der Waals surface area (Å²) in [5.41, 5.74) is 0. The SMILES string of the molecule is C#CC(CC)NC(=O)NC(=O)CCCCC(=O)O. The number of terminal acetylenes is 1. The summed E-state index contributed by atoms with van der Waals surface area (Å²) in [6.45, 7) is 1.82. The molecule has 0 aromatic heterocycles. The van der Waals surface area contributed by atoms with Crippen LogP contribution in [0.25, 0.3) is 0 Å². The first kappa shape index (κ1) is 16.0. The van der Waals surface area contributed by atoms with E-state index in [4.69, 9.17) is 11.5 Å². The first-order valence-electron chi connectivity index (χ1n) is 5.77. The average molecular weight is 254 g/mol. The molecular formula is C12H18N2O4. The topological polar surface area (TPSA) is 95.5 Å². The lowest BCUT2D eigenvalue weighted by atomic mass is 10.2. The van der Waals surface area contributed by atoms with Crippen molar-refractivity contribution < 1.29 is 19.5 Å². The second kappa shape index (κ2) is 9.05. The van der Waals surface area contributed by atoms with Crippen LogP contribution in [-0.4, -0.2) is 29.1 Å². The maximum Gasteiger partial charge on any atom is 0.322 e. The number of carbonyl (C=O) groups is 3. The smallest absolute Gasteiger partial charge is 0.322 e. The van der Waals surface area contributed by atoms with E-state index in [0.717, 1.165) is 0 Å². The molecule has 6 heteroatoms. The second-order valence-corrected chi connectivity index (χ2v) is 3.75. The zero-order chi connectivity index (χ0) is 14.0. The van der Waals surface area contributed by atoms with Crippen LogP contribution >= 0.6 is 0 Å². The molecule has 3 amide bonds. The highest BCUT2D eigenvalue weighted by molar-refractivity contribution is 5.94. The van der Waals surface area contributed by atoms with Crippen molar-refractivity contribution in [1.29, 1.82) is 0 Å². The van der Waals surface area contributed by atoms with Crippen LogP contribution in [-0.2, 0) is 9.59 Å². The highest BCUT2D eigenvalue weighted by atomic mass is 16.4. The number of urea groups is 1. The third-order valence-electron chi connectivity index (χ3n) is 2.21. The van der Waals surface area contributed by atoms with Crippen molar-refractivity contribution in [3.63, 3.8) is 0 Å². The van der Waals surface area contributed by atoms with Gasteiger partial charge in [-0.3, -0.25) is 14.9 Å². The van der Waals surface area contributed by atoms with Gasteiger partial charge >= 0.3 is 12.0 Å². The minimum absolute atomic E-state index is 0.0223. The number of amides is 3. The number of rotatable bonds is 7. The van der Waals surface area contributed by atoms with Gasteiger partial charge in [0.05, 0.1) is 6.04 Å². The quantitative estimate of drug-likeness (QED) is 0.464. The Morgan fingerprint density at radius 3 is 2.39 bits per heavy atom. The summed E-state index contributed by atoms with van der Waals surface area (Å²) >= 11 is 0. The first-order chi connectivity index (χ1) is 8.49. The average Bonchev–Trinajstić information content (AvgIpc) is 2.31. The van der Waals surface area contributed by atoms with Gasteiger partial charge in [-0.1, -0.05) is 12.8 Å². The van der Waals surface area contributed by atoms with Crippen molar-refractivity contribution in [3.05, 3.63) is 0 Å². The summed E-state index contributed by atoms with van der Waals surface area (Å²) in [7, 11) is 0. The standard InChI is InChI=1S/C12H18N2O4/c1-3-9(4-2)13-12(18)14-10(15)7-5-6-8-11(16)17/h1,9H,4-8H2,2H3,(H,16,17)(H2,13,14,15,18). The number of carboxylic acid groups (broad SMARTS) is 1. The second-order valence-electron chi connectivity index (χ2n) is 3.75. The van der Waals surface area contributed by atoms with Gasteiger partial charge in [0.2, 0.25) is 5.91 Å². The van der Waals surface area contributed by atoms with E-state index >= 15 is 0 Å². The van der Waals surface area contributed by atoms with Crippen molar-refractivity contribution in [2.45, 2.75) is 45.1 Å². The van der Waals surface area contributed by atoms with E-state index in [0.29, 0.717) is 19.3 Å². The van der Waals surface area contributed by atoms with Crippen LogP contribution in [0.1, 0.15) is 39.0 Å². The maximum absolute atomic E-state index is 11.3. The van der Waals surface area contributed by atoms with Gasteiger partial charge in [0.15, 0.2) is 0 Å². The Kier molecular flexibility index (Phi) is 8.03. The molecule has 0 spiro atoms. The highest BCUT2D eigenvalue weighted by Gasteiger charge is 2.10. The Morgan fingerprint density at radius 1 is 1.28 bits per heavy atom. The molecule has 1 unspecified atom stereocenters. The molecule has 18 heavy (non-hydrogen) atoms. The van der Waals surface area contributed by atoms with Gasteiger partial charge < -0.3 is 10.4 Å². The fourth-order valence-corrected chi connectivity index (χ4v) is 1.21. The third-order valence-corrected chi connectivity index (χ3v) is 2.21. The predicted molar refractivity (Wildman–Crippen MR) is 65.7 cm³/mol. The van der Waals surface area contributed by atoms with Gasteiger partial charge in [0, 0.05) is 12.8 Å². The van der Waals surface area contributed by atoms with Crippen molar-refractivity contribution in [1.82, 2.24) is 10.6 Å². The van der Waals surface area contributed by atoms with Crippen LogP contribution in [0.5, 0.6) is 0 Å². The summed E-state index contributed by atoms with van der Waals surface area (Å²) in [5.74, 6) is 1.04. The predicted octanol–water partition coefficient (Wildman–Crippen LogP) is 0.869. The maximum atomic E-state index is 11.3. The lowest BCUT2D eigenvalue weighted by Gasteiger charge is -2.10. The minimum Gasteiger partial charge on any atom is -0.481 e. The number of nitrogens with one attached hydrogen (secondary N) is 2.